The number of ketones is 1. The van der Waals surface area contributed by atoms with E-state index in [1.165, 1.54) is 11.3 Å². The summed E-state index contributed by atoms with van der Waals surface area (Å²) in [5.41, 5.74) is 0. The van der Waals surface area contributed by atoms with Crippen LogP contribution in [-0.4, -0.2) is 23.9 Å². The predicted octanol–water partition coefficient (Wildman–Crippen LogP) is 2.97. The van der Waals surface area contributed by atoms with E-state index in [0.717, 1.165) is 22.9 Å². The number of anilines is 1. The second-order valence-corrected chi connectivity index (χ2v) is 4.65. The minimum absolute atomic E-state index is 0.0942. The maximum Gasteiger partial charge on any atom is 0.185 e. The molecule has 1 aromatic rings. The first-order valence-electron chi connectivity index (χ1n) is 5.29. The van der Waals surface area contributed by atoms with Gasteiger partial charge in [-0.15, -0.1) is 0 Å². The van der Waals surface area contributed by atoms with E-state index >= 15 is 0 Å². The average molecular weight is 226 g/mol. The maximum atomic E-state index is 11.1. The van der Waals surface area contributed by atoms with Gasteiger partial charge in [0.2, 0.25) is 0 Å². The molecule has 84 valence electrons. The highest BCUT2D eigenvalue weighted by Crippen LogP contribution is 2.24. The third-order valence-corrected chi connectivity index (χ3v) is 3.82. The second-order valence-electron chi connectivity index (χ2n) is 3.64. The van der Waals surface area contributed by atoms with Gasteiger partial charge in [0.25, 0.3) is 0 Å². The number of Topliss-reactive ketones (excluding diaryl/α,β-unsaturated/α-hetero) is 1. The van der Waals surface area contributed by atoms with E-state index in [1.807, 2.05) is 7.05 Å². The topological polar surface area (TPSA) is 33.2 Å². The molecule has 0 radical (unpaired) electrons. The van der Waals surface area contributed by atoms with Crippen LogP contribution in [0.25, 0.3) is 0 Å². The normalized spacial score (nSPS) is 10.7. The van der Waals surface area contributed by atoms with Crippen molar-refractivity contribution in [2.45, 2.75) is 39.7 Å². The molecule has 0 aliphatic heterocycles. The molecule has 0 aliphatic carbocycles. The molecule has 1 heterocycles. The molecule has 0 saturated heterocycles. The Kier molecular flexibility index (Phi) is 4.27. The Morgan fingerprint density at radius 3 is 2.53 bits per heavy atom. The summed E-state index contributed by atoms with van der Waals surface area (Å²) in [4.78, 5) is 18.3. The summed E-state index contributed by atoms with van der Waals surface area (Å²) in [7, 11) is 2.04. The zero-order valence-electron chi connectivity index (χ0n) is 9.78. The van der Waals surface area contributed by atoms with Crippen molar-refractivity contribution in [2.75, 3.05) is 11.9 Å². The molecule has 3 nitrogen and oxygen atoms in total. The minimum Gasteiger partial charge on any atom is -0.348 e. The summed E-state index contributed by atoms with van der Waals surface area (Å²) in [6.45, 7) is 5.92. The number of hydrogen-bond acceptors (Lipinski definition) is 4. The molecule has 0 fully saturated rings. The summed E-state index contributed by atoms with van der Waals surface area (Å²) in [6, 6.07) is 0.510. The van der Waals surface area contributed by atoms with Crippen molar-refractivity contribution in [2.24, 2.45) is 0 Å². The van der Waals surface area contributed by atoms with Crippen LogP contribution < -0.4 is 4.90 Å². The summed E-state index contributed by atoms with van der Waals surface area (Å²) >= 11 is 1.47. The molecular weight excluding hydrogens is 208 g/mol. The van der Waals surface area contributed by atoms with E-state index in [9.17, 15) is 4.79 Å². The average Bonchev–Trinajstić information content (AvgIpc) is 2.68. The quantitative estimate of drug-likeness (QED) is 0.724. The van der Waals surface area contributed by atoms with Gasteiger partial charge in [-0.2, -0.15) is 0 Å². The van der Waals surface area contributed by atoms with E-state index < -0.39 is 0 Å². The molecule has 15 heavy (non-hydrogen) atoms. The van der Waals surface area contributed by atoms with Crippen LogP contribution in [0.1, 0.15) is 43.3 Å². The molecule has 0 saturated carbocycles. The number of rotatable bonds is 5. The first-order chi connectivity index (χ1) is 7.10. The van der Waals surface area contributed by atoms with Crippen LogP contribution in [-0.2, 0) is 0 Å². The van der Waals surface area contributed by atoms with Gasteiger partial charge < -0.3 is 4.90 Å². The van der Waals surface area contributed by atoms with E-state index in [2.05, 4.69) is 23.7 Å². The third-order valence-electron chi connectivity index (χ3n) is 2.63. The molecule has 0 spiro atoms. The summed E-state index contributed by atoms with van der Waals surface area (Å²) in [5.74, 6) is 0.0942. The third kappa shape index (κ3) is 2.78. The van der Waals surface area contributed by atoms with E-state index in [4.69, 9.17) is 0 Å². The summed E-state index contributed by atoms with van der Waals surface area (Å²) in [5, 5.41) is 0.939. The molecule has 0 amide bonds. The maximum absolute atomic E-state index is 11.1. The predicted molar refractivity (Wildman–Crippen MR) is 64.9 cm³/mol. The SMILES string of the molecule is CCC(CC)N(C)c1ncc(C(C)=O)s1. The molecule has 0 N–H and O–H groups in total. The smallest absolute Gasteiger partial charge is 0.185 e. The fraction of sp³-hybridized carbons (Fsp3) is 0.636. The molecular formula is C11H18N2OS. The lowest BCUT2D eigenvalue weighted by Crippen LogP contribution is -2.30. The Morgan fingerprint density at radius 2 is 2.13 bits per heavy atom. The molecule has 0 aliphatic rings. The number of nitrogens with zero attached hydrogens (tertiary/aromatic N) is 2. The van der Waals surface area contributed by atoms with Gasteiger partial charge in [0.1, 0.15) is 0 Å². The van der Waals surface area contributed by atoms with E-state index in [1.54, 1.807) is 13.1 Å². The van der Waals surface area contributed by atoms with Crippen LogP contribution in [0.15, 0.2) is 6.20 Å². The van der Waals surface area contributed by atoms with Crippen molar-refractivity contribution >= 4 is 22.3 Å². The van der Waals surface area contributed by atoms with Crippen LogP contribution in [0.5, 0.6) is 0 Å². The number of carbonyl (C=O) groups is 1. The van der Waals surface area contributed by atoms with Crippen molar-refractivity contribution in [3.8, 4) is 0 Å². The number of hydrogen-bond donors (Lipinski definition) is 0. The Labute approximate surface area is 95.1 Å². The van der Waals surface area contributed by atoms with Crippen molar-refractivity contribution in [1.29, 1.82) is 0 Å². The van der Waals surface area contributed by atoms with Crippen LogP contribution in [0.2, 0.25) is 0 Å². The number of thiazole rings is 1. The van der Waals surface area contributed by atoms with Gasteiger partial charge in [-0.3, -0.25) is 4.79 Å². The van der Waals surface area contributed by atoms with Crippen molar-refractivity contribution in [3.63, 3.8) is 0 Å². The van der Waals surface area contributed by atoms with Gasteiger partial charge in [0.15, 0.2) is 10.9 Å². The largest absolute Gasteiger partial charge is 0.348 e. The molecule has 0 bridgehead atoms. The first kappa shape index (κ1) is 12.2. The first-order valence-corrected chi connectivity index (χ1v) is 6.11. The highest BCUT2D eigenvalue weighted by Gasteiger charge is 2.15. The zero-order valence-corrected chi connectivity index (χ0v) is 10.6. The van der Waals surface area contributed by atoms with Crippen LogP contribution >= 0.6 is 11.3 Å². The van der Waals surface area contributed by atoms with Crippen LogP contribution in [0.4, 0.5) is 5.13 Å². The van der Waals surface area contributed by atoms with Gasteiger partial charge >= 0.3 is 0 Å². The Morgan fingerprint density at radius 1 is 1.53 bits per heavy atom. The molecule has 0 aromatic carbocycles. The molecule has 1 aromatic heterocycles. The highest BCUT2D eigenvalue weighted by molar-refractivity contribution is 7.17. The Bertz CT molecular complexity index is 331. The fourth-order valence-electron chi connectivity index (χ4n) is 1.58. The van der Waals surface area contributed by atoms with E-state index in [-0.39, 0.29) is 5.78 Å². The van der Waals surface area contributed by atoms with Crippen molar-refractivity contribution in [3.05, 3.63) is 11.1 Å². The molecule has 1 rings (SSSR count). The Balaban J connectivity index is 2.81. The van der Waals surface area contributed by atoms with Crippen molar-refractivity contribution < 1.29 is 4.79 Å². The summed E-state index contributed by atoms with van der Waals surface area (Å²) in [6.07, 6.45) is 3.87. The minimum atomic E-state index is 0.0942. The number of carbonyl (C=O) groups excluding carboxylic acids is 1. The molecule has 0 unspecified atom stereocenters. The highest BCUT2D eigenvalue weighted by atomic mass is 32.1. The van der Waals surface area contributed by atoms with Gasteiger partial charge in [-0.25, -0.2) is 4.98 Å². The lowest BCUT2D eigenvalue weighted by Gasteiger charge is -2.25. The fourth-order valence-corrected chi connectivity index (χ4v) is 2.43. The molecule has 4 heteroatoms. The number of aromatic nitrogens is 1. The lowest BCUT2D eigenvalue weighted by molar-refractivity contribution is 0.102. The standard InChI is InChI=1S/C11H18N2OS/c1-5-9(6-2)13(4)11-12-7-10(15-11)8(3)14/h7,9H,5-6H2,1-4H3. The van der Waals surface area contributed by atoms with Crippen LogP contribution in [0.3, 0.4) is 0 Å². The van der Waals surface area contributed by atoms with Gasteiger partial charge in [-0.05, 0) is 12.8 Å². The zero-order chi connectivity index (χ0) is 11.4. The van der Waals surface area contributed by atoms with Gasteiger partial charge in [0.05, 0.1) is 11.1 Å². The lowest BCUT2D eigenvalue weighted by atomic mass is 10.1. The van der Waals surface area contributed by atoms with Gasteiger partial charge in [0, 0.05) is 20.0 Å². The second kappa shape index (κ2) is 5.26. The van der Waals surface area contributed by atoms with E-state index in [0.29, 0.717) is 6.04 Å². The van der Waals surface area contributed by atoms with Crippen LogP contribution in [0, 0.1) is 0 Å². The van der Waals surface area contributed by atoms with Crippen molar-refractivity contribution in [1.82, 2.24) is 4.98 Å². The monoisotopic (exact) mass is 226 g/mol. The summed E-state index contributed by atoms with van der Waals surface area (Å²) < 4.78 is 0. The molecule has 0 atom stereocenters. The van der Waals surface area contributed by atoms with Gasteiger partial charge in [-0.1, -0.05) is 25.2 Å². The Hall–Kier alpha value is -0.900.